The molecule has 1 aromatic heterocycles. The number of hydrogen-bond acceptors (Lipinski definition) is 2. The molecule has 0 spiro atoms. The molecule has 0 radical (unpaired) electrons. The van der Waals surface area contributed by atoms with Gasteiger partial charge in [-0.05, 0) is 6.07 Å². The van der Waals surface area contributed by atoms with Gasteiger partial charge in [-0.15, -0.1) is 0 Å². The van der Waals surface area contributed by atoms with Gasteiger partial charge in [0, 0.05) is 4.79 Å². The Morgan fingerprint density at radius 1 is 1.38 bits per heavy atom. The Hall–Kier alpha value is -0.930. The maximum Gasteiger partial charge on any atom is 0.422 e. The molecule has 0 saturated heterocycles. The first-order valence-electron chi connectivity index (χ1n) is 3.49. The van der Waals surface area contributed by atoms with Crippen LogP contribution in [0.4, 0.5) is 17.7 Å². The molecule has 0 atom stereocenters. The number of nitrogens with zero attached hydrogens (tertiary/aromatic N) is 1. The number of pyridine rings is 1. The van der Waals surface area contributed by atoms with Crippen molar-refractivity contribution in [1.82, 2.24) is 0 Å². The largest absolute Gasteiger partial charge is 0.422 e. The summed E-state index contributed by atoms with van der Waals surface area (Å²) in [5.41, 5.74) is -1.48. The van der Waals surface area contributed by atoms with Gasteiger partial charge in [-0.25, -0.2) is 0 Å². The summed E-state index contributed by atoms with van der Waals surface area (Å²) in [7, 11) is -5.04. The van der Waals surface area contributed by atoms with E-state index in [4.69, 9.17) is 16.2 Å². The molecule has 0 saturated carbocycles. The minimum Gasteiger partial charge on any atom is -0.277 e. The third-order valence-corrected chi connectivity index (χ3v) is 2.79. The van der Waals surface area contributed by atoms with Gasteiger partial charge in [0.1, 0.15) is 10.6 Å². The summed E-state index contributed by atoms with van der Waals surface area (Å²) >= 11 is 5.13. The van der Waals surface area contributed by atoms with Crippen molar-refractivity contribution in [2.24, 2.45) is 0 Å². The van der Waals surface area contributed by atoms with Crippen LogP contribution in [-0.2, 0) is 16.3 Å². The van der Waals surface area contributed by atoms with Crippen molar-refractivity contribution in [3.63, 3.8) is 0 Å². The van der Waals surface area contributed by atoms with Gasteiger partial charge >= 0.3 is 21.3 Å². The van der Waals surface area contributed by atoms with Crippen molar-refractivity contribution in [2.45, 2.75) is 11.2 Å². The molecule has 1 rings (SSSR count). The molecule has 0 aliphatic rings. The van der Waals surface area contributed by atoms with Gasteiger partial charge in [-0.2, -0.15) is 21.6 Å². The van der Waals surface area contributed by atoms with Crippen LogP contribution in [0.15, 0.2) is 17.3 Å². The third kappa shape index (κ3) is 2.60. The lowest BCUT2D eigenvalue weighted by Gasteiger charge is -2.04. The second-order valence-corrected chi connectivity index (χ2v) is 4.41. The smallest absolute Gasteiger partial charge is 0.277 e. The van der Waals surface area contributed by atoms with Crippen molar-refractivity contribution in [3.8, 4) is 0 Å². The zero-order valence-electron chi connectivity index (χ0n) is 7.16. The van der Waals surface area contributed by atoms with Crippen LogP contribution >= 0.6 is 11.6 Å². The highest BCUT2D eigenvalue weighted by Gasteiger charge is 2.39. The molecule has 0 aromatic carbocycles. The Balaban J connectivity index is 3.53. The van der Waals surface area contributed by atoms with Gasteiger partial charge in [-0.1, -0.05) is 11.6 Å². The summed E-state index contributed by atoms with van der Waals surface area (Å²) in [5.74, 6) is 0. The minimum absolute atomic E-state index is 0.144. The summed E-state index contributed by atoms with van der Waals surface area (Å²) in [6.07, 6.45) is -5.02. The number of aromatic nitrogens is 1. The molecule has 10 heteroatoms. The summed E-state index contributed by atoms with van der Waals surface area (Å²) in [4.78, 5) is -0.902. The van der Waals surface area contributed by atoms with E-state index in [0.717, 1.165) is 0 Å². The summed E-state index contributed by atoms with van der Waals surface area (Å²) < 4.78 is 78.9. The number of halogens is 5. The van der Waals surface area contributed by atoms with Crippen LogP contribution in [0.3, 0.4) is 0 Å². The van der Waals surface area contributed by atoms with Gasteiger partial charge in [0.15, 0.2) is 0 Å². The summed E-state index contributed by atoms with van der Waals surface area (Å²) in [5, 5.41) is -2.53. The van der Waals surface area contributed by atoms with E-state index in [0.29, 0.717) is 0 Å². The van der Waals surface area contributed by atoms with E-state index in [9.17, 15) is 26.1 Å². The summed E-state index contributed by atoms with van der Waals surface area (Å²) in [6, 6.07) is 0.195. The maximum absolute atomic E-state index is 12.9. The van der Waals surface area contributed by atoms with Crippen molar-refractivity contribution in [3.05, 3.63) is 22.8 Å². The SMILES string of the molecule is O=S(=O)(O)c1c(Cl)cc(C(F)(F)F)c[n+]1F. The van der Waals surface area contributed by atoms with Gasteiger partial charge in [0.2, 0.25) is 6.20 Å². The van der Waals surface area contributed by atoms with Crippen LogP contribution in [0, 0.1) is 0 Å². The summed E-state index contributed by atoms with van der Waals surface area (Å²) in [6.45, 7) is 0. The molecule has 0 aliphatic heterocycles. The maximum atomic E-state index is 12.9. The Bertz CT molecular complexity index is 504. The van der Waals surface area contributed by atoms with Gasteiger partial charge < -0.3 is 0 Å². The van der Waals surface area contributed by atoms with Crippen molar-refractivity contribution in [2.75, 3.05) is 0 Å². The predicted molar refractivity (Wildman–Crippen MR) is 43.0 cm³/mol. The van der Waals surface area contributed by atoms with E-state index in [1.807, 2.05) is 0 Å². The lowest BCUT2D eigenvalue weighted by molar-refractivity contribution is -0.875. The Morgan fingerprint density at radius 3 is 2.19 bits per heavy atom. The molecular formula is C6H3ClF4NO3S+. The molecule has 1 aromatic rings. The van der Waals surface area contributed by atoms with Gasteiger partial charge in [0.05, 0.1) is 4.48 Å². The first kappa shape index (κ1) is 13.1. The first-order chi connectivity index (χ1) is 7.03. The molecule has 1 N–H and O–H groups in total. The van der Waals surface area contributed by atoms with Crippen LogP contribution in [0.2, 0.25) is 5.02 Å². The zero-order chi connectivity index (χ0) is 12.7. The van der Waals surface area contributed by atoms with Crippen molar-refractivity contribution in [1.29, 1.82) is 0 Å². The number of alkyl halides is 3. The lowest BCUT2D eigenvalue weighted by atomic mass is 10.3. The van der Waals surface area contributed by atoms with Crippen LogP contribution in [0.25, 0.3) is 0 Å². The van der Waals surface area contributed by atoms with E-state index in [1.54, 1.807) is 0 Å². The Labute approximate surface area is 91.8 Å². The monoisotopic (exact) mass is 280 g/mol. The molecule has 16 heavy (non-hydrogen) atoms. The average molecular weight is 281 g/mol. The molecule has 1 heterocycles. The van der Waals surface area contributed by atoms with Crippen LogP contribution in [-0.4, -0.2) is 13.0 Å². The lowest BCUT2D eigenvalue weighted by Crippen LogP contribution is -2.33. The van der Waals surface area contributed by atoms with Crippen molar-refractivity contribution < 1.29 is 35.4 Å². The van der Waals surface area contributed by atoms with Crippen LogP contribution < -0.4 is 4.79 Å². The second-order valence-electron chi connectivity index (χ2n) is 2.67. The van der Waals surface area contributed by atoms with Crippen LogP contribution in [0.1, 0.15) is 5.56 Å². The van der Waals surface area contributed by atoms with E-state index in [2.05, 4.69) is 0 Å². The molecular weight excluding hydrogens is 278 g/mol. The second kappa shape index (κ2) is 3.82. The fourth-order valence-corrected chi connectivity index (χ4v) is 1.98. The quantitative estimate of drug-likeness (QED) is 0.628. The molecule has 0 bridgehead atoms. The Morgan fingerprint density at radius 2 is 1.88 bits per heavy atom. The van der Waals surface area contributed by atoms with Gasteiger partial charge in [0.25, 0.3) is 0 Å². The van der Waals surface area contributed by atoms with Crippen molar-refractivity contribution >= 4 is 21.7 Å². The predicted octanol–water partition coefficient (Wildman–Crippen LogP) is 1.63. The molecule has 0 fully saturated rings. The molecule has 0 amide bonds. The standard InChI is InChI=1S/C6H2ClF4NO3S/c7-4-1-3(6(8,9)10)2-12(11)5(4)16(13,14)15/h1-2H/p+1. The molecule has 0 unspecified atom stereocenters. The van der Waals surface area contributed by atoms with Gasteiger partial charge in [-0.3, -0.25) is 4.55 Å². The number of hydrogen-bond donors (Lipinski definition) is 1. The zero-order valence-corrected chi connectivity index (χ0v) is 8.74. The fourth-order valence-electron chi connectivity index (χ4n) is 0.907. The minimum atomic E-state index is -5.04. The highest BCUT2D eigenvalue weighted by atomic mass is 35.5. The normalized spacial score (nSPS) is 12.9. The first-order valence-corrected chi connectivity index (χ1v) is 5.31. The molecule has 90 valence electrons. The highest BCUT2D eigenvalue weighted by Crippen LogP contribution is 2.31. The van der Waals surface area contributed by atoms with E-state index in [1.165, 1.54) is 0 Å². The highest BCUT2D eigenvalue weighted by molar-refractivity contribution is 7.85. The topological polar surface area (TPSA) is 58.3 Å². The van der Waals surface area contributed by atoms with Crippen LogP contribution in [0.5, 0.6) is 0 Å². The molecule has 0 aliphatic carbocycles. The number of rotatable bonds is 1. The molecule has 4 nitrogen and oxygen atoms in total. The van der Waals surface area contributed by atoms with E-state index in [-0.39, 0.29) is 12.3 Å². The fraction of sp³-hybridized carbons (Fsp3) is 0.167. The van der Waals surface area contributed by atoms with E-state index >= 15 is 0 Å². The Kier molecular flexibility index (Phi) is 3.14. The third-order valence-electron chi connectivity index (χ3n) is 1.50. The van der Waals surface area contributed by atoms with E-state index < -0.39 is 36.7 Å². The average Bonchev–Trinajstić information content (AvgIpc) is 1.97.